The van der Waals surface area contributed by atoms with E-state index in [0.29, 0.717) is 18.7 Å². The first-order valence-corrected chi connectivity index (χ1v) is 5.46. The lowest BCUT2D eigenvalue weighted by atomic mass is 10.2. The molecule has 1 saturated heterocycles. The molecule has 1 fully saturated rings. The third-order valence-electron chi connectivity index (χ3n) is 3.00. The van der Waals surface area contributed by atoms with Crippen LogP contribution in [0.3, 0.4) is 0 Å². The van der Waals surface area contributed by atoms with Crippen LogP contribution in [0.1, 0.15) is 12.8 Å². The Balaban J connectivity index is 2.27. The van der Waals surface area contributed by atoms with Crippen molar-refractivity contribution < 1.29 is 19.0 Å². The molecule has 0 radical (unpaired) electrons. The minimum Gasteiger partial charge on any atom is -0.494 e. The van der Waals surface area contributed by atoms with E-state index in [-0.39, 0.29) is 5.75 Å². The van der Waals surface area contributed by atoms with Gasteiger partial charge in [0.2, 0.25) is 0 Å². The summed E-state index contributed by atoms with van der Waals surface area (Å²) in [5.41, 5.74) is 0.591. The Hall–Kier alpha value is -1.78. The highest BCUT2D eigenvalue weighted by atomic mass is 19.1. The summed E-state index contributed by atoms with van der Waals surface area (Å²) in [6, 6.07) is 3.97. The molecule has 1 aliphatic rings. The van der Waals surface area contributed by atoms with Crippen molar-refractivity contribution in [3.63, 3.8) is 0 Å². The average Bonchev–Trinajstić information content (AvgIpc) is 2.77. The summed E-state index contributed by atoms with van der Waals surface area (Å²) in [6.07, 6.45) is 1.41. The fourth-order valence-electron chi connectivity index (χ4n) is 2.17. The van der Waals surface area contributed by atoms with Crippen LogP contribution in [0.5, 0.6) is 5.75 Å². The van der Waals surface area contributed by atoms with E-state index in [1.165, 1.54) is 19.2 Å². The molecule has 1 heterocycles. The molecule has 5 heteroatoms. The van der Waals surface area contributed by atoms with Crippen LogP contribution in [-0.4, -0.2) is 30.8 Å². The molecule has 0 amide bonds. The summed E-state index contributed by atoms with van der Waals surface area (Å²) in [7, 11) is 1.40. The van der Waals surface area contributed by atoms with Gasteiger partial charge < -0.3 is 14.7 Å². The molecule has 0 spiro atoms. The number of anilines is 1. The molecule has 1 unspecified atom stereocenters. The van der Waals surface area contributed by atoms with Crippen molar-refractivity contribution >= 4 is 11.7 Å². The number of ether oxygens (including phenoxy) is 1. The molecule has 1 aromatic carbocycles. The van der Waals surface area contributed by atoms with Crippen LogP contribution >= 0.6 is 0 Å². The summed E-state index contributed by atoms with van der Waals surface area (Å²) in [4.78, 5) is 12.7. The minimum absolute atomic E-state index is 0.167. The van der Waals surface area contributed by atoms with Crippen LogP contribution in [0.4, 0.5) is 10.1 Å². The number of hydrogen-bond donors (Lipinski definition) is 1. The van der Waals surface area contributed by atoms with Gasteiger partial charge in [-0.3, -0.25) is 0 Å². The van der Waals surface area contributed by atoms with Gasteiger partial charge >= 0.3 is 5.97 Å². The van der Waals surface area contributed by atoms with Crippen molar-refractivity contribution in [3.05, 3.63) is 24.0 Å². The SMILES string of the molecule is COc1ccc(N2CCCC2C(=O)O)cc1F. The van der Waals surface area contributed by atoms with E-state index in [1.807, 2.05) is 0 Å². The Kier molecular flexibility index (Phi) is 3.17. The lowest BCUT2D eigenvalue weighted by Crippen LogP contribution is -2.35. The zero-order chi connectivity index (χ0) is 12.4. The van der Waals surface area contributed by atoms with Crippen molar-refractivity contribution in [1.29, 1.82) is 0 Å². The highest BCUT2D eigenvalue weighted by molar-refractivity contribution is 5.79. The largest absolute Gasteiger partial charge is 0.494 e. The zero-order valence-electron chi connectivity index (χ0n) is 9.52. The van der Waals surface area contributed by atoms with Gasteiger partial charge in [0, 0.05) is 18.3 Å². The number of aliphatic carboxylic acids is 1. The molecule has 17 heavy (non-hydrogen) atoms. The maximum Gasteiger partial charge on any atom is 0.326 e. The van der Waals surface area contributed by atoms with Gasteiger partial charge in [-0.05, 0) is 25.0 Å². The minimum atomic E-state index is -0.862. The van der Waals surface area contributed by atoms with Crippen LogP contribution in [0.15, 0.2) is 18.2 Å². The molecule has 0 saturated carbocycles. The van der Waals surface area contributed by atoms with Crippen molar-refractivity contribution in [2.45, 2.75) is 18.9 Å². The van der Waals surface area contributed by atoms with E-state index in [2.05, 4.69) is 0 Å². The van der Waals surface area contributed by atoms with Crippen LogP contribution in [0.2, 0.25) is 0 Å². The monoisotopic (exact) mass is 239 g/mol. The van der Waals surface area contributed by atoms with Gasteiger partial charge in [-0.1, -0.05) is 0 Å². The first-order valence-electron chi connectivity index (χ1n) is 5.46. The van der Waals surface area contributed by atoms with Crippen LogP contribution in [0, 0.1) is 5.82 Å². The lowest BCUT2D eigenvalue weighted by molar-refractivity contribution is -0.138. The van der Waals surface area contributed by atoms with Crippen molar-refractivity contribution in [2.75, 3.05) is 18.6 Å². The molecule has 1 N–H and O–H groups in total. The zero-order valence-corrected chi connectivity index (χ0v) is 9.52. The van der Waals surface area contributed by atoms with E-state index in [0.717, 1.165) is 6.42 Å². The summed E-state index contributed by atoms with van der Waals surface area (Å²) >= 11 is 0. The van der Waals surface area contributed by atoms with E-state index in [1.54, 1.807) is 11.0 Å². The summed E-state index contributed by atoms with van der Waals surface area (Å²) in [5, 5.41) is 9.05. The Morgan fingerprint density at radius 2 is 2.35 bits per heavy atom. The summed E-state index contributed by atoms with van der Waals surface area (Å²) in [6.45, 7) is 0.642. The fraction of sp³-hybridized carbons (Fsp3) is 0.417. The smallest absolute Gasteiger partial charge is 0.326 e. The summed E-state index contributed by atoms with van der Waals surface area (Å²) < 4.78 is 18.4. The molecule has 2 rings (SSSR count). The normalized spacial score (nSPS) is 19.4. The number of benzene rings is 1. The number of carbonyl (C=O) groups is 1. The molecule has 1 atom stereocenters. The van der Waals surface area contributed by atoms with Gasteiger partial charge in [-0.2, -0.15) is 0 Å². The fourth-order valence-corrected chi connectivity index (χ4v) is 2.17. The Morgan fingerprint density at radius 3 is 2.94 bits per heavy atom. The number of methoxy groups -OCH3 is 1. The first kappa shape index (κ1) is 11.7. The van der Waals surface area contributed by atoms with Crippen molar-refractivity contribution in [3.8, 4) is 5.75 Å². The summed E-state index contributed by atoms with van der Waals surface area (Å²) in [5.74, 6) is -1.17. The average molecular weight is 239 g/mol. The number of halogens is 1. The maximum atomic E-state index is 13.5. The molecule has 1 aromatic rings. The molecule has 92 valence electrons. The number of rotatable bonds is 3. The first-order chi connectivity index (χ1) is 8.13. The molecule has 1 aliphatic heterocycles. The second-order valence-corrected chi connectivity index (χ2v) is 4.01. The van der Waals surface area contributed by atoms with Gasteiger partial charge in [0.05, 0.1) is 7.11 Å². The molecular formula is C12H14FNO3. The Bertz CT molecular complexity index is 436. The maximum absolute atomic E-state index is 13.5. The third-order valence-corrected chi connectivity index (χ3v) is 3.00. The van der Waals surface area contributed by atoms with E-state index < -0.39 is 17.8 Å². The number of carboxylic acid groups (broad SMARTS) is 1. The van der Waals surface area contributed by atoms with Gasteiger partial charge in [-0.25, -0.2) is 9.18 Å². The van der Waals surface area contributed by atoms with Gasteiger partial charge in [0.1, 0.15) is 6.04 Å². The van der Waals surface area contributed by atoms with E-state index in [4.69, 9.17) is 9.84 Å². The number of carboxylic acids is 1. The van der Waals surface area contributed by atoms with Crippen molar-refractivity contribution in [1.82, 2.24) is 0 Å². The highest BCUT2D eigenvalue weighted by Gasteiger charge is 2.30. The van der Waals surface area contributed by atoms with E-state index >= 15 is 0 Å². The van der Waals surface area contributed by atoms with Crippen LogP contribution in [0.25, 0.3) is 0 Å². The third kappa shape index (κ3) is 2.18. The Morgan fingerprint density at radius 1 is 1.59 bits per heavy atom. The van der Waals surface area contributed by atoms with Gasteiger partial charge in [0.15, 0.2) is 11.6 Å². The topological polar surface area (TPSA) is 49.8 Å². The van der Waals surface area contributed by atoms with Gasteiger partial charge in [-0.15, -0.1) is 0 Å². The molecular weight excluding hydrogens is 225 g/mol. The number of hydrogen-bond acceptors (Lipinski definition) is 3. The molecule has 0 aromatic heterocycles. The highest BCUT2D eigenvalue weighted by Crippen LogP contribution is 2.29. The second-order valence-electron chi connectivity index (χ2n) is 4.01. The predicted molar refractivity (Wildman–Crippen MR) is 61.0 cm³/mol. The van der Waals surface area contributed by atoms with E-state index in [9.17, 15) is 9.18 Å². The Labute approximate surface area is 98.6 Å². The molecule has 0 bridgehead atoms. The number of nitrogens with zero attached hydrogens (tertiary/aromatic N) is 1. The van der Waals surface area contributed by atoms with Crippen LogP contribution in [-0.2, 0) is 4.79 Å². The quantitative estimate of drug-likeness (QED) is 0.875. The molecule has 0 aliphatic carbocycles. The van der Waals surface area contributed by atoms with Crippen LogP contribution < -0.4 is 9.64 Å². The standard InChI is InChI=1S/C12H14FNO3/c1-17-11-5-4-8(7-9(11)13)14-6-2-3-10(14)12(15)16/h4-5,7,10H,2-3,6H2,1H3,(H,15,16). The predicted octanol–water partition coefficient (Wildman–Crippen LogP) is 1.89. The molecule has 4 nitrogen and oxygen atoms in total. The lowest BCUT2D eigenvalue weighted by Gasteiger charge is -2.23. The van der Waals surface area contributed by atoms with Crippen molar-refractivity contribution in [2.24, 2.45) is 0 Å². The second kappa shape index (κ2) is 4.61. The van der Waals surface area contributed by atoms with Gasteiger partial charge in [0.25, 0.3) is 0 Å².